The Balaban J connectivity index is 1.38. The number of nitrogens with zero attached hydrogens (tertiary/aromatic N) is 4. The van der Waals surface area contributed by atoms with Gasteiger partial charge in [0.2, 0.25) is 5.95 Å². The molecule has 2 heterocycles. The lowest BCUT2D eigenvalue weighted by Gasteiger charge is -2.17. The van der Waals surface area contributed by atoms with Crippen molar-refractivity contribution in [2.75, 3.05) is 4.90 Å². The number of rotatable bonds is 3. The summed E-state index contributed by atoms with van der Waals surface area (Å²) in [4.78, 5) is 2.32. The molecule has 1 aliphatic heterocycles. The summed E-state index contributed by atoms with van der Waals surface area (Å²) in [6.07, 6.45) is 3.38. The van der Waals surface area contributed by atoms with Crippen LogP contribution in [0.15, 0.2) is 48.5 Å². The molecule has 0 amide bonds. The zero-order valence-corrected chi connectivity index (χ0v) is 14.5. The van der Waals surface area contributed by atoms with E-state index in [4.69, 9.17) is 0 Å². The van der Waals surface area contributed by atoms with E-state index in [9.17, 15) is 0 Å². The van der Waals surface area contributed by atoms with Crippen LogP contribution in [0.2, 0.25) is 0 Å². The van der Waals surface area contributed by atoms with Gasteiger partial charge in [-0.3, -0.25) is 0 Å². The zero-order chi connectivity index (χ0) is 16.8. The standard InChI is InChI=1S/C21H22N4/c1-24-20(12-16-11-10-15-6-4-5-9-19(15)16)22-23-21(24)25-13-17-7-2-3-8-18(17)14-25/h2-9,16H,10-14H2,1H3. The van der Waals surface area contributed by atoms with E-state index in [1.807, 2.05) is 0 Å². The van der Waals surface area contributed by atoms with Crippen LogP contribution < -0.4 is 4.90 Å². The third kappa shape index (κ3) is 2.44. The predicted octanol–water partition coefficient (Wildman–Crippen LogP) is 3.61. The molecular formula is C21H22N4. The Labute approximate surface area is 148 Å². The molecule has 126 valence electrons. The van der Waals surface area contributed by atoms with Gasteiger partial charge in [0.1, 0.15) is 5.82 Å². The van der Waals surface area contributed by atoms with Crippen LogP contribution in [0.3, 0.4) is 0 Å². The third-order valence-electron chi connectivity index (χ3n) is 5.75. The molecule has 0 saturated heterocycles. The topological polar surface area (TPSA) is 34.0 Å². The van der Waals surface area contributed by atoms with Gasteiger partial charge < -0.3 is 9.47 Å². The van der Waals surface area contributed by atoms with E-state index in [2.05, 4.69) is 75.2 Å². The largest absolute Gasteiger partial charge is 0.332 e. The van der Waals surface area contributed by atoms with Gasteiger partial charge in [0.15, 0.2) is 0 Å². The van der Waals surface area contributed by atoms with Gasteiger partial charge in [-0.15, -0.1) is 10.2 Å². The first kappa shape index (κ1) is 14.7. The van der Waals surface area contributed by atoms with Crippen LogP contribution in [0, 0.1) is 0 Å². The minimum absolute atomic E-state index is 0.572. The molecule has 0 N–H and O–H groups in total. The van der Waals surface area contributed by atoms with Gasteiger partial charge >= 0.3 is 0 Å². The Kier molecular flexibility index (Phi) is 3.37. The molecule has 0 bridgehead atoms. The van der Waals surface area contributed by atoms with Crippen molar-refractivity contribution in [3.8, 4) is 0 Å². The minimum Gasteiger partial charge on any atom is -0.332 e. The molecule has 1 unspecified atom stereocenters. The Morgan fingerprint density at radius 1 is 0.920 bits per heavy atom. The van der Waals surface area contributed by atoms with E-state index in [-0.39, 0.29) is 0 Å². The molecule has 3 aromatic rings. The molecule has 1 aromatic heterocycles. The molecule has 2 aliphatic rings. The Bertz CT molecular complexity index is 902. The molecule has 0 saturated carbocycles. The van der Waals surface area contributed by atoms with Gasteiger partial charge in [0.05, 0.1) is 0 Å². The number of aromatic nitrogens is 3. The highest BCUT2D eigenvalue weighted by molar-refractivity contribution is 5.44. The maximum absolute atomic E-state index is 4.53. The quantitative estimate of drug-likeness (QED) is 0.736. The third-order valence-corrected chi connectivity index (χ3v) is 5.75. The minimum atomic E-state index is 0.572. The number of hydrogen-bond acceptors (Lipinski definition) is 3. The second kappa shape index (κ2) is 5.73. The fourth-order valence-corrected chi connectivity index (χ4v) is 4.36. The van der Waals surface area contributed by atoms with E-state index in [0.717, 1.165) is 31.3 Å². The highest BCUT2D eigenvalue weighted by Gasteiger charge is 2.27. The summed E-state index contributed by atoms with van der Waals surface area (Å²) >= 11 is 0. The second-order valence-electron chi connectivity index (χ2n) is 7.24. The lowest BCUT2D eigenvalue weighted by molar-refractivity contribution is 0.626. The van der Waals surface area contributed by atoms with Gasteiger partial charge in [0.25, 0.3) is 0 Å². The normalized spacial score (nSPS) is 18.4. The smallest absolute Gasteiger partial charge is 0.227 e. The van der Waals surface area contributed by atoms with Gasteiger partial charge in [-0.05, 0) is 41.0 Å². The van der Waals surface area contributed by atoms with E-state index in [0.29, 0.717) is 5.92 Å². The van der Waals surface area contributed by atoms with Crippen molar-refractivity contribution >= 4 is 5.95 Å². The van der Waals surface area contributed by atoms with E-state index in [1.54, 1.807) is 0 Å². The molecular weight excluding hydrogens is 308 g/mol. The van der Waals surface area contributed by atoms with E-state index in [1.165, 1.54) is 35.1 Å². The van der Waals surface area contributed by atoms with Crippen molar-refractivity contribution in [3.05, 3.63) is 76.6 Å². The van der Waals surface area contributed by atoms with Crippen LogP contribution >= 0.6 is 0 Å². The summed E-state index contributed by atoms with van der Waals surface area (Å²) in [5, 5.41) is 9.05. The molecule has 0 fully saturated rings. The van der Waals surface area contributed by atoms with Crippen molar-refractivity contribution in [3.63, 3.8) is 0 Å². The number of benzene rings is 2. The summed E-state index contributed by atoms with van der Waals surface area (Å²) in [7, 11) is 2.11. The molecule has 1 aliphatic carbocycles. The average Bonchev–Trinajstić information content (AvgIpc) is 3.33. The van der Waals surface area contributed by atoms with Crippen molar-refractivity contribution in [2.24, 2.45) is 7.05 Å². The summed E-state index contributed by atoms with van der Waals surface area (Å²) < 4.78 is 2.19. The highest BCUT2D eigenvalue weighted by atomic mass is 15.4. The van der Waals surface area contributed by atoms with Crippen molar-refractivity contribution in [1.29, 1.82) is 0 Å². The second-order valence-corrected chi connectivity index (χ2v) is 7.24. The van der Waals surface area contributed by atoms with E-state index >= 15 is 0 Å². The van der Waals surface area contributed by atoms with Gasteiger partial charge in [-0.2, -0.15) is 0 Å². The van der Waals surface area contributed by atoms with Crippen LogP contribution in [-0.4, -0.2) is 14.8 Å². The molecule has 4 nitrogen and oxygen atoms in total. The Morgan fingerprint density at radius 3 is 2.36 bits per heavy atom. The van der Waals surface area contributed by atoms with Crippen LogP contribution in [0.25, 0.3) is 0 Å². The SMILES string of the molecule is Cn1c(CC2CCc3ccccc32)nnc1N1Cc2ccccc2C1. The molecule has 25 heavy (non-hydrogen) atoms. The van der Waals surface area contributed by atoms with Crippen LogP contribution in [0.4, 0.5) is 5.95 Å². The van der Waals surface area contributed by atoms with E-state index < -0.39 is 0 Å². The van der Waals surface area contributed by atoms with Crippen molar-refractivity contribution in [2.45, 2.75) is 38.3 Å². The molecule has 0 spiro atoms. The predicted molar refractivity (Wildman–Crippen MR) is 98.5 cm³/mol. The molecule has 2 aromatic carbocycles. The monoisotopic (exact) mass is 330 g/mol. The fraction of sp³-hybridized carbons (Fsp3) is 0.333. The number of fused-ring (bicyclic) bond motifs is 2. The van der Waals surface area contributed by atoms with Gasteiger partial charge in [-0.25, -0.2) is 0 Å². The molecule has 1 atom stereocenters. The Morgan fingerprint density at radius 2 is 1.60 bits per heavy atom. The number of aryl methyl sites for hydroxylation is 1. The maximum atomic E-state index is 4.53. The summed E-state index contributed by atoms with van der Waals surface area (Å²) in [6, 6.07) is 17.5. The lowest BCUT2D eigenvalue weighted by atomic mass is 9.97. The van der Waals surface area contributed by atoms with Crippen LogP contribution in [-0.2, 0) is 33.0 Å². The highest BCUT2D eigenvalue weighted by Crippen LogP contribution is 2.35. The Hall–Kier alpha value is -2.62. The van der Waals surface area contributed by atoms with Crippen molar-refractivity contribution < 1.29 is 0 Å². The van der Waals surface area contributed by atoms with Crippen molar-refractivity contribution in [1.82, 2.24) is 14.8 Å². The van der Waals surface area contributed by atoms with Crippen LogP contribution in [0.1, 0.15) is 40.4 Å². The molecule has 4 heteroatoms. The fourth-order valence-electron chi connectivity index (χ4n) is 4.36. The number of hydrogen-bond donors (Lipinski definition) is 0. The first-order chi connectivity index (χ1) is 12.3. The average molecular weight is 330 g/mol. The first-order valence-electron chi connectivity index (χ1n) is 9.07. The summed E-state index contributed by atoms with van der Waals surface area (Å²) in [5.41, 5.74) is 5.80. The first-order valence-corrected chi connectivity index (χ1v) is 9.07. The zero-order valence-electron chi connectivity index (χ0n) is 14.5. The lowest BCUT2D eigenvalue weighted by Crippen LogP contribution is -2.19. The maximum Gasteiger partial charge on any atom is 0.227 e. The summed E-state index contributed by atoms with van der Waals surface area (Å²) in [5.74, 6) is 2.65. The van der Waals surface area contributed by atoms with Gasteiger partial charge in [0, 0.05) is 26.6 Å². The molecule has 0 radical (unpaired) electrons. The molecule has 5 rings (SSSR count). The number of anilines is 1. The summed E-state index contributed by atoms with van der Waals surface area (Å²) in [6.45, 7) is 1.85. The van der Waals surface area contributed by atoms with Crippen LogP contribution in [0.5, 0.6) is 0 Å². The van der Waals surface area contributed by atoms with Gasteiger partial charge in [-0.1, -0.05) is 48.5 Å².